The summed E-state index contributed by atoms with van der Waals surface area (Å²) in [6.07, 6.45) is 0. The Bertz CT molecular complexity index is 862. The molecule has 0 spiro atoms. The molecular weight excluding hydrogens is 389 g/mol. The maximum atomic E-state index is 13.0. The van der Waals surface area contributed by atoms with Crippen LogP contribution in [0.15, 0.2) is 46.0 Å². The van der Waals surface area contributed by atoms with Crippen LogP contribution in [0.1, 0.15) is 5.56 Å². The number of nitrogens with zero attached hydrogens (tertiary/aromatic N) is 2. The maximum absolute atomic E-state index is 13.0. The van der Waals surface area contributed by atoms with Gasteiger partial charge in [0.05, 0.1) is 11.9 Å². The van der Waals surface area contributed by atoms with Crippen molar-refractivity contribution in [2.24, 2.45) is 0 Å². The van der Waals surface area contributed by atoms with Crippen LogP contribution in [0.4, 0.5) is 4.39 Å². The molecule has 2 aromatic rings. The molecule has 146 valence electrons. The molecule has 9 heteroatoms. The molecule has 0 saturated carbocycles. The van der Waals surface area contributed by atoms with Crippen molar-refractivity contribution in [2.75, 3.05) is 39.8 Å². The standard InChI is InChI=1S/C18H22FN3O3S2/c1-20(12-15-6-11-26-14-15)13-18(23)21-7-9-22(10-8-21)27(24,25)17-4-2-16(19)3-5-17/h2-6,11,14H,7-10,12-13H2,1H3/p+1. The van der Waals surface area contributed by atoms with Crippen molar-refractivity contribution in [2.45, 2.75) is 11.4 Å². The zero-order valence-corrected chi connectivity index (χ0v) is 16.7. The molecule has 1 aromatic heterocycles. The molecule has 0 aliphatic carbocycles. The van der Waals surface area contributed by atoms with E-state index in [1.54, 1.807) is 16.2 Å². The Kier molecular flexibility index (Phi) is 6.25. The van der Waals surface area contributed by atoms with Gasteiger partial charge in [-0.3, -0.25) is 4.79 Å². The number of hydrogen-bond acceptors (Lipinski definition) is 4. The van der Waals surface area contributed by atoms with Crippen LogP contribution in [-0.4, -0.2) is 63.3 Å². The van der Waals surface area contributed by atoms with Gasteiger partial charge in [0.15, 0.2) is 6.54 Å². The molecule has 1 saturated heterocycles. The highest BCUT2D eigenvalue weighted by Crippen LogP contribution is 2.18. The third kappa shape index (κ3) is 4.92. The number of nitrogens with one attached hydrogen (secondary N) is 1. The van der Waals surface area contributed by atoms with Gasteiger partial charge in [-0.05, 0) is 41.1 Å². The average molecular weight is 413 g/mol. The number of quaternary nitrogens is 1. The van der Waals surface area contributed by atoms with Crippen molar-refractivity contribution < 1.29 is 22.5 Å². The number of hydrogen-bond donors (Lipinski definition) is 1. The number of halogens is 1. The molecule has 0 radical (unpaired) electrons. The van der Waals surface area contributed by atoms with Crippen molar-refractivity contribution >= 4 is 27.3 Å². The van der Waals surface area contributed by atoms with Gasteiger partial charge in [-0.2, -0.15) is 15.6 Å². The highest BCUT2D eigenvalue weighted by Gasteiger charge is 2.30. The largest absolute Gasteiger partial charge is 0.335 e. The molecule has 1 aromatic carbocycles. The van der Waals surface area contributed by atoms with Gasteiger partial charge in [-0.1, -0.05) is 0 Å². The fourth-order valence-electron chi connectivity index (χ4n) is 3.11. The summed E-state index contributed by atoms with van der Waals surface area (Å²) in [7, 11) is -1.68. The van der Waals surface area contributed by atoms with Crippen LogP contribution in [0.3, 0.4) is 0 Å². The molecular formula is C18H23FN3O3S2+. The van der Waals surface area contributed by atoms with Crippen LogP contribution in [-0.2, 0) is 21.4 Å². The van der Waals surface area contributed by atoms with E-state index in [1.165, 1.54) is 22.0 Å². The SMILES string of the molecule is C[NH+](CC(=O)N1CCN(S(=O)(=O)c2ccc(F)cc2)CC1)Cc1ccsc1. The van der Waals surface area contributed by atoms with Crippen molar-refractivity contribution in [3.63, 3.8) is 0 Å². The number of benzene rings is 1. The fourth-order valence-corrected chi connectivity index (χ4v) is 5.20. The van der Waals surface area contributed by atoms with E-state index in [9.17, 15) is 17.6 Å². The lowest BCUT2D eigenvalue weighted by Gasteiger charge is -2.34. The van der Waals surface area contributed by atoms with Gasteiger partial charge in [-0.15, -0.1) is 0 Å². The Hall–Kier alpha value is -1.81. The summed E-state index contributed by atoms with van der Waals surface area (Å²) in [4.78, 5) is 15.4. The van der Waals surface area contributed by atoms with E-state index in [-0.39, 0.29) is 23.9 Å². The third-order valence-electron chi connectivity index (χ3n) is 4.58. The Morgan fingerprint density at radius 2 is 1.81 bits per heavy atom. The van der Waals surface area contributed by atoms with Gasteiger partial charge in [0.2, 0.25) is 10.0 Å². The molecule has 1 fully saturated rings. The smallest absolute Gasteiger partial charge is 0.277 e. The van der Waals surface area contributed by atoms with Gasteiger partial charge >= 0.3 is 0 Å². The number of sulfonamides is 1. The normalized spacial score (nSPS) is 17.0. The van der Waals surface area contributed by atoms with E-state index in [1.807, 2.05) is 12.4 Å². The number of carbonyl (C=O) groups is 1. The molecule has 2 heterocycles. The Morgan fingerprint density at radius 1 is 1.15 bits per heavy atom. The summed E-state index contributed by atoms with van der Waals surface area (Å²) in [6, 6.07) is 6.87. The summed E-state index contributed by atoms with van der Waals surface area (Å²) >= 11 is 1.64. The molecule has 1 aliphatic rings. The minimum absolute atomic E-state index is 0.0292. The monoisotopic (exact) mass is 412 g/mol. The second kappa shape index (κ2) is 8.47. The first kappa shape index (κ1) is 19.9. The van der Waals surface area contributed by atoms with Crippen LogP contribution in [0, 0.1) is 5.82 Å². The lowest BCUT2D eigenvalue weighted by molar-refractivity contribution is -0.885. The molecule has 6 nitrogen and oxygen atoms in total. The maximum Gasteiger partial charge on any atom is 0.277 e. The van der Waals surface area contributed by atoms with Crippen molar-refractivity contribution in [1.29, 1.82) is 0 Å². The molecule has 1 amide bonds. The van der Waals surface area contributed by atoms with Crippen molar-refractivity contribution in [1.82, 2.24) is 9.21 Å². The molecule has 0 bridgehead atoms. The van der Waals surface area contributed by atoms with Gasteiger partial charge in [0.25, 0.3) is 5.91 Å². The minimum Gasteiger partial charge on any atom is -0.335 e. The molecule has 1 atom stereocenters. The highest BCUT2D eigenvalue weighted by molar-refractivity contribution is 7.89. The van der Waals surface area contributed by atoms with E-state index in [0.717, 1.165) is 23.6 Å². The number of likely N-dealkylation sites (N-methyl/N-ethyl adjacent to an activating group) is 1. The second-order valence-electron chi connectivity index (χ2n) is 6.68. The number of thiophene rings is 1. The van der Waals surface area contributed by atoms with Gasteiger partial charge in [0.1, 0.15) is 12.4 Å². The average Bonchev–Trinajstić information content (AvgIpc) is 3.15. The Labute approximate surface area is 162 Å². The summed E-state index contributed by atoms with van der Waals surface area (Å²) in [5, 5.41) is 4.10. The number of amides is 1. The first-order valence-corrected chi connectivity index (χ1v) is 11.1. The van der Waals surface area contributed by atoms with Crippen LogP contribution in [0.5, 0.6) is 0 Å². The zero-order valence-electron chi connectivity index (χ0n) is 15.1. The van der Waals surface area contributed by atoms with Crippen LogP contribution in [0.25, 0.3) is 0 Å². The predicted octanol–water partition coefficient (Wildman–Crippen LogP) is 0.435. The third-order valence-corrected chi connectivity index (χ3v) is 7.23. The fraction of sp³-hybridized carbons (Fsp3) is 0.389. The Balaban J connectivity index is 1.53. The summed E-state index contributed by atoms with van der Waals surface area (Å²) in [5.74, 6) is -0.444. The van der Waals surface area contributed by atoms with Crippen molar-refractivity contribution in [3.05, 3.63) is 52.5 Å². The number of piperazine rings is 1. The summed E-state index contributed by atoms with van der Waals surface area (Å²) < 4.78 is 39.6. The van der Waals surface area contributed by atoms with Gasteiger partial charge in [-0.25, -0.2) is 12.8 Å². The van der Waals surface area contributed by atoms with Crippen molar-refractivity contribution in [3.8, 4) is 0 Å². The second-order valence-corrected chi connectivity index (χ2v) is 9.40. The van der Waals surface area contributed by atoms with Crippen LogP contribution < -0.4 is 4.90 Å². The van der Waals surface area contributed by atoms with E-state index < -0.39 is 15.8 Å². The molecule has 27 heavy (non-hydrogen) atoms. The highest BCUT2D eigenvalue weighted by atomic mass is 32.2. The molecule has 3 rings (SSSR count). The molecule has 1 unspecified atom stereocenters. The lowest BCUT2D eigenvalue weighted by atomic mass is 10.3. The Morgan fingerprint density at radius 3 is 2.41 bits per heavy atom. The van der Waals surface area contributed by atoms with Crippen LogP contribution >= 0.6 is 11.3 Å². The quantitative estimate of drug-likeness (QED) is 0.749. The summed E-state index contributed by atoms with van der Waals surface area (Å²) in [5.41, 5.74) is 1.21. The zero-order chi connectivity index (χ0) is 19.4. The van der Waals surface area contributed by atoms with E-state index >= 15 is 0 Å². The number of carbonyl (C=O) groups excluding carboxylic acids is 1. The van der Waals surface area contributed by atoms with Gasteiger partial charge in [0, 0.05) is 31.7 Å². The van der Waals surface area contributed by atoms with E-state index in [2.05, 4.69) is 11.4 Å². The first-order valence-electron chi connectivity index (χ1n) is 8.72. The van der Waals surface area contributed by atoms with Crippen LogP contribution in [0.2, 0.25) is 0 Å². The predicted molar refractivity (Wildman–Crippen MR) is 102 cm³/mol. The lowest BCUT2D eigenvalue weighted by Crippen LogP contribution is -3.08. The summed E-state index contributed by atoms with van der Waals surface area (Å²) in [6.45, 7) is 2.38. The number of rotatable bonds is 6. The molecule has 1 N–H and O–H groups in total. The first-order chi connectivity index (χ1) is 12.9. The molecule has 1 aliphatic heterocycles. The van der Waals surface area contributed by atoms with Gasteiger partial charge < -0.3 is 9.80 Å². The van der Waals surface area contributed by atoms with E-state index in [4.69, 9.17) is 0 Å². The van der Waals surface area contributed by atoms with E-state index in [0.29, 0.717) is 19.6 Å². The topological polar surface area (TPSA) is 62.1 Å². The minimum atomic E-state index is -3.66.